The molecule has 1 fully saturated rings. The number of piperazine rings is 1. The molecule has 0 aromatic carbocycles. The van der Waals surface area contributed by atoms with E-state index in [2.05, 4.69) is 5.32 Å². The van der Waals surface area contributed by atoms with Gasteiger partial charge in [0.25, 0.3) is 0 Å². The van der Waals surface area contributed by atoms with Gasteiger partial charge in [0, 0.05) is 25.7 Å². The van der Waals surface area contributed by atoms with Crippen LogP contribution < -0.4 is 5.32 Å². The number of hydrogen-bond acceptors (Lipinski definition) is 3. The van der Waals surface area contributed by atoms with Gasteiger partial charge in [-0.15, -0.1) is 0 Å². The van der Waals surface area contributed by atoms with E-state index in [-0.39, 0.29) is 6.04 Å². The first-order valence-corrected chi connectivity index (χ1v) is 5.42. The maximum absolute atomic E-state index is 12.4. The molecule has 0 bridgehead atoms. The Hall–Kier alpha value is -0.840. The van der Waals surface area contributed by atoms with Gasteiger partial charge in [-0.3, -0.25) is 0 Å². The third kappa shape index (κ3) is 3.66. The number of carbonyl (C=O) groups is 1. The van der Waals surface area contributed by atoms with Crippen molar-refractivity contribution in [1.29, 1.82) is 0 Å². The highest BCUT2D eigenvalue weighted by atomic mass is 19.1. The first kappa shape index (κ1) is 12.2. The van der Waals surface area contributed by atoms with Crippen LogP contribution in [0.4, 0.5) is 9.18 Å². The van der Waals surface area contributed by atoms with Crippen molar-refractivity contribution < 1.29 is 13.9 Å². The van der Waals surface area contributed by atoms with Crippen molar-refractivity contribution in [2.45, 2.75) is 32.4 Å². The van der Waals surface area contributed by atoms with E-state index in [4.69, 9.17) is 4.74 Å². The Bertz CT molecular complexity index is 210. The van der Waals surface area contributed by atoms with Crippen molar-refractivity contribution in [3.8, 4) is 0 Å². The molecule has 1 aliphatic heterocycles. The molecule has 1 N–H and O–H groups in total. The van der Waals surface area contributed by atoms with Gasteiger partial charge >= 0.3 is 6.09 Å². The molecule has 15 heavy (non-hydrogen) atoms. The van der Waals surface area contributed by atoms with E-state index in [9.17, 15) is 9.18 Å². The summed E-state index contributed by atoms with van der Waals surface area (Å²) in [5, 5.41) is 3.22. The monoisotopic (exact) mass is 218 g/mol. The summed E-state index contributed by atoms with van der Waals surface area (Å²) in [5.74, 6) is 0. The Morgan fingerprint density at radius 2 is 2.47 bits per heavy atom. The lowest BCUT2D eigenvalue weighted by molar-refractivity contribution is 0.0432. The fourth-order valence-corrected chi connectivity index (χ4v) is 1.54. The first-order valence-electron chi connectivity index (χ1n) is 5.42. The summed E-state index contributed by atoms with van der Waals surface area (Å²) in [4.78, 5) is 13.2. The molecule has 88 valence electrons. The molecule has 0 spiro atoms. The Kier molecular flexibility index (Phi) is 4.81. The molecule has 5 heteroatoms. The van der Waals surface area contributed by atoms with Crippen LogP contribution >= 0.6 is 0 Å². The minimum Gasteiger partial charge on any atom is -0.443 e. The van der Waals surface area contributed by atoms with Gasteiger partial charge in [0.15, 0.2) is 0 Å². The average molecular weight is 218 g/mol. The van der Waals surface area contributed by atoms with E-state index < -0.39 is 18.9 Å². The van der Waals surface area contributed by atoms with Crippen molar-refractivity contribution in [2.75, 3.05) is 26.3 Å². The van der Waals surface area contributed by atoms with E-state index in [1.807, 2.05) is 6.92 Å². The number of amides is 1. The minimum absolute atomic E-state index is 0.275. The predicted molar refractivity (Wildman–Crippen MR) is 55.6 cm³/mol. The molecule has 1 rings (SSSR count). The molecule has 0 saturated carbocycles. The lowest BCUT2D eigenvalue weighted by Crippen LogP contribution is -2.52. The van der Waals surface area contributed by atoms with Crippen LogP contribution in [0.25, 0.3) is 0 Å². The van der Waals surface area contributed by atoms with E-state index in [0.29, 0.717) is 19.5 Å². The topological polar surface area (TPSA) is 41.6 Å². The van der Waals surface area contributed by atoms with E-state index in [0.717, 1.165) is 6.54 Å². The Morgan fingerprint density at radius 1 is 1.73 bits per heavy atom. The number of hydrogen-bond donors (Lipinski definition) is 1. The second-order valence-electron chi connectivity index (χ2n) is 3.87. The molecule has 0 radical (unpaired) electrons. The van der Waals surface area contributed by atoms with Gasteiger partial charge in [0.1, 0.15) is 12.8 Å². The molecule has 0 aromatic heterocycles. The highest BCUT2D eigenvalue weighted by Crippen LogP contribution is 2.06. The highest BCUT2D eigenvalue weighted by molar-refractivity contribution is 5.68. The molecule has 2 unspecified atom stereocenters. The number of carbonyl (C=O) groups excluding carboxylic acids is 1. The molecule has 1 heterocycles. The molecule has 1 saturated heterocycles. The van der Waals surface area contributed by atoms with Gasteiger partial charge in [-0.2, -0.15) is 0 Å². The van der Waals surface area contributed by atoms with Crippen molar-refractivity contribution in [2.24, 2.45) is 0 Å². The summed E-state index contributed by atoms with van der Waals surface area (Å²) in [6.07, 6.45) is -0.472. The first-order chi connectivity index (χ1) is 7.17. The molecular formula is C10H19FN2O2. The van der Waals surface area contributed by atoms with Crippen LogP contribution in [0, 0.1) is 0 Å². The summed E-state index contributed by atoms with van der Waals surface area (Å²) < 4.78 is 17.4. The zero-order valence-corrected chi connectivity index (χ0v) is 9.33. The van der Waals surface area contributed by atoms with Crippen LogP contribution in [0.2, 0.25) is 0 Å². The number of halogens is 1. The van der Waals surface area contributed by atoms with Crippen molar-refractivity contribution in [1.82, 2.24) is 10.2 Å². The predicted octanol–water partition coefficient (Wildman–Crippen LogP) is 1.16. The zero-order chi connectivity index (χ0) is 11.3. The standard InChI is InChI=1S/C10H19FN2O2/c1-3-9(6-11)15-10(14)13-5-4-12-8(2)7-13/h8-9,12H,3-7H2,1-2H3. The largest absolute Gasteiger partial charge is 0.443 e. The lowest BCUT2D eigenvalue weighted by atomic mass is 10.2. The summed E-state index contributed by atoms with van der Waals surface area (Å²) in [6, 6.07) is 0.275. The third-order valence-corrected chi connectivity index (χ3v) is 2.52. The zero-order valence-electron chi connectivity index (χ0n) is 9.33. The van der Waals surface area contributed by atoms with E-state index in [1.54, 1.807) is 11.8 Å². The van der Waals surface area contributed by atoms with Crippen molar-refractivity contribution in [3.05, 3.63) is 0 Å². The average Bonchev–Trinajstić information content (AvgIpc) is 2.25. The number of nitrogens with one attached hydrogen (secondary N) is 1. The quantitative estimate of drug-likeness (QED) is 0.773. The van der Waals surface area contributed by atoms with Crippen LogP contribution in [-0.4, -0.2) is 49.4 Å². The van der Waals surface area contributed by atoms with Gasteiger partial charge in [-0.05, 0) is 13.3 Å². The molecule has 0 aliphatic carbocycles. The maximum Gasteiger partial charge on any atom is 0.410 e. The molecule has 0 aromatic rings. The number of ether oxygens (including phenoxy) is 1. The van der Waals surface area contributed by atoms with Gasteiger partial charge in [0.05, 0.1) is 0 Å². The Morgan fingerprint density at radius 3 is 3.00 bits per heavy atom. The van der Waals surface area contributed by atoms with Crippen LogP contribution in [0.1, 0.15) is 20.3 Å². The van der Waals surface area contributed by atoms with Crippen molar-refractivity contribution in [3.63, 3.8) is 0 Å². The van der Waals surface area contributed by atoms with Crippen LogP contribution in [-0.2, 0) is 4.74 Å². The summed E-state index contributed by atoms with van der Waals surface area (Å²) >= 11 is 0. The van der Waals surface area contributed by atoms with Gasteiger partial charge in [-0.1, -0.05) is 6.92 Å². The van der Waals surface area contributed by atoms with Gasteiger partial charge in [0.2, 0.25) is 0 Å². The SMILES string of the molecule is CCC(CF)OC(=O)N1CCNC(C)C1. The minimum atomic E-state index is -0.607. The fraction of sp³-hybridized carbons (Fsp3) is 0.900. The molecule has 1 aliphatic rings. The van der Waals surface area contributed by atoms with E-state index in [1.165, 1.54) is 0 Å². The van der Waals surface area contributed by atoms with E-state index >= 15 is 0 Å². The summed E-state index contributed by atoms with van der Waals surface area (Å²) in [6.45, 7) is 5.23. The summed E-state index contributed by atoms with van der Waals surface area (Å²) in [7, 11) is 0. The Labute approximate surface area is 89.8 Å². The second kappa shape index (κ2) is 5.90. The fourth-order valence-electron chi connectivity index (χ4n) is 1.54. The normalized spacial score (nSPS) is 23.7. The number of rotatable bonds is 3. The van der Waals surface area contributed by atoms with Crippen molar-refractivity contribution >= 4 is 6.09 Å². The highest BCUT2D eigenvalue weighted by Gasteiger charge is 2.23. The van der Waals surface area contributed by atoms with Crippen LogP contribution in [0.3, 0.4) is 0 Å². The third-order valence-electron chi connectivity index (χ3n) is 2.52. The Balaban J connectivity index is 2.38. The smallest absolute Gasteiger partial charge is 0.410 e. The lowest BCUT2D eigenvalue weighted by Gasteiger charge is -2.31. The van der Waals surface area contributed by atoms with Gasteiger partial charge in [-0.25, -0.2) is 9.18 Å². The molecular weight excluding hydrogens is 199 g/mol. The second-order valence-corrected chi connectivity index (χ2v) is 3.87. The molecule has 4 nitrogen and oxygen atoms in total. The van der Waals surface area contributed by atoms with Crippen LogP contribution in [0.15, 0.2) is 0 Å². The maximum atomic E-state index is 12.4. The number of alkyl halides is 1. The molecule has 1 amide bonds. The van der Waals surface area contributed by atoms with Crippen LogP contribution in [0.5, 0.6) is 0 Å². The molecule has 2 atom stereocenters. The summed E-state index contributed by atoms with van der Waals surface area (Å²) in [5.41, 5.74) is 0. The van der Waals surface area contributed by atoms with Gasteiger partial charge < -0.3 is 15.0 Å². The number of nitrogens with zero attached hydrogens (tertiary/aromatic N) is 1.